The van der Waals surface area contributed by atoms with Gasteiger partial charge in [-0.15, -0.1) is 0 Å². The summed E-state index contributed by atoms with van der Waals surface area (Å²) in [6.07, 6.45) is 9.56. The van der Waals surface area contributed by atoms with Gasteiger partial charge in [-0.3, -0.25) is 19.2 Å². The van der Waals surface area contributed by atoms with E-state index in [-0.39, 0.29) is 11.8 Å². The fourth-order valence-electron chi connectivity index (χ4n) is 5.70. The minimum atomic E-state index is -0.940. The molecule has 240 valence electrons. The lowest BCUT2D eigenvalue weighted by atomic mass is 9.95. The maximum absolute atomic E-state index is 14.0. The van der Waals surface area contributed by atoms with Gasteiger partial charge >= 0.3 is 6.09 Å². The zero-order valence-corrected chi connectivity index (χ0v) is 26.9. The molecule has 0 spiro atoms. The number of alkyl carbamates (subject to hydrolysis) is 1. The summed E-state index contributed by atoms with van der Waals surface area (Å²) >= 11 is 0. The van der Waals surface area contributed by atoms with Crippen molar-refractivity contribution in [2.75, 3.05) is 13.1 Å². The van der Waals surface area contributed by atoms with Crippen molar-refractivity contribution < 1.29 is 28.7 Å². The van der Waals surface area contributed by atoms with E-state index in [2.05, 4.69) is 29.8 Å². The zero-order chi connectivity index (χ0) is 31.3. The average Bonchev–Trinajstić information content (AvgIpc) is 3.34. The van der Waals surface area contributed by atoms with Gasteiger partial charge in [0.1, 0.15) is 17.7 Å². The van der Waals surface area contributed by atoms with E-state index >= 15 is 0 Å². The molecule has 2 rings (SSSR count). The van der Waals surface area contributed by atoms with Crippen molar-refractivity contribution in [2.24, 2.45) is 11.8 Å². The summed E-state index contributed by atoms with van der Waals surface area (Å²) in [5, 5.41) is 8.29. The van der Waals surface area contributed by atoms with E-state index in [4.69, 9.17) is 4.74 Å². The third kappa shape index (κ3) is 12.3. The van der Waals surface area contributed by atoms with Gasteiger partial charge < -0.3 is 25.6 Å². The molecule has 0 unspecified atom stereocenters. The number of ketones is 1. The Labute approximate surface area is 252 Å². The van der Waals surface area contributed by atoms with Crippen LogP contribution in [0.4, 0.5) is 4.79 Å². The number of hydrogen-bond donors (Lipinski definition) is 3. The highest BCUT2D eigenvalue weighted by molar-refractivity contribution is 6.38. The number of amides is 4. The first-order valence-corrected chi connectivity index (χ1v) is 16.2. The van der Waals surface area contributed by atoms with Crippen molar-refractivity contribution in [2.45, 2.75) is 149 Å². The summed E-state index contributed by atoms with van der Waals surface area (Å²) in [5.74, 6) is -1.44. The molecule has 0 aromatic rings. The molecule has 2 aliphatic heterocycles. The number of fused-ring (bicyclic) bond motifs is 1. The smallest absolute Gasteiger partial charge is 0.408 e. The first kappa shape index (κ1) is 35.5. The Morgan fingerprint density at radius 2 is 1.62 bits per heavy atom. The van der Waals surface area contributed by atoms with Gasteiger partial charge in [0.25, 0.3) is 5.91 Å². The lowest BCUT2D eigenvalue weighted by Crippen LogP contribution is -2.56. The molecule has 2 saturated heterocycles. The molecule has 0 aliphatic carbocycles. The highest BCUT2D eigenvalue weighted by atomic mass is 16.6. The third-order valence-corrected chi connectivity index (χ3v) is 7.99. The first-order valence-electron chi connectivity index (χ1n) is 16.2. The highest BCUT2D eigenvalue weighted by Crippen LogP contribution is 2.30. The molecule has 0 aromatic carbocycles. The minimum Gasteiger partial charge on any atom is -0.444 e. The van der Waals surface area contributed by atoms with Crippen molar-refractivity contribution in [1.29, 1.82) is 0 Å². The Kier molecular flexibility index (Phi) is 14.8. The lowest BCUT2D eigenvalue weighted by Gasteiger charge is -2.30. The van der Waals surface area contributed by atoms with Crippen molar-refractivity contribution in [1.82, 2.24) is 20.9 Å². The number of nitrogens with one attached hydrogen (secondary N) is 3. The van der Waals surface area contributed by atoms with Crippen LogP contribution in [0.5, 0.6) is 0 Å². The Bertz CT molecular complexity index is 915. The van der Waals surface area contributed by atoms with Crippen LogP contribution in [-0.2, 0) is 23.9 Å². The normalized spacial score (nSPS) is 25.0. The predicted molar refractivity (Wildman–Crippen MR) is 163 cm³/mol. The van der Waals surface area contributed by atoms with E-state index in [0.717, 1.165) is 57.8 Å². The largest absolute Gasteiger partial charge is 0.444 e. The quantitative estimate of drug-likeness (QED) is 0.352. The van der Waals surface area contributed by atoms with E-state index in [9.17, 15) is 24.0 Å². The number of carbonyl (C=O) groups excluding carboxylic acids is 5. The number of hydrogen-bond acceptors (Lipinski definition) is 6. The van der Waals surface area contributed by atoms with E-state index in [0.29, 0.717) is 44.7 Å². The minimum absolute atomic E-state index is 0.123. The molecule has 3 N–H and O–H groups in total. The van der Waals surface area contributed by atoms with E-state index < -0.39 is 47.4 Å². The summed E-state index contributed by atoms with van der Waals surface area (Å²) in [6.45, 7) is 12.3. The standard InChI is InChI=1S/C32H56N4O6/c1-7-19-33-29(39)27(37)24-15-13-11-9-8-10-12-14-16-25(35-31(41)42-32(4,5)6)30(40)36-21-23(18-17-22(2)3)20-26(36)28(38)34-24/h22-26H,7-21H2,1-6H3,(H,33,39)(H,34,38)(H,35,41)/t23-,24+,25+,26+/m1/s1. The fourth-order valence-corrected chi connectivity index (χ4v) is 5.70. The molecule has 0 bridgehead atoms. The van der Waals surface area contributed by atoms with Crippen LogP contribution in [0.3, 0.4) is 0 Å². The van der Waals surface area contributed by atoms with E-state index in [1.165, 1.54) is 0 Å². The molecule has 10 nitrogen and oxygen atoms in total. The number of nitrogens with zero attached hydrogens (tertiary/aromatic N) is 1. The number of Topliss-reactive ketones (excluding diaryl/α,β-unsaturated/α-hetero) is 1. The van der Waals surface area contributed by atoms with Crippen LogP contribution in [0.2, 0.25) is 0 Å². The van der Waals surface area contributed by atoms with Crippen LogP contribution < -0.4 is 16.0 Å². The topological polar surface area (TPSA) is 134 Å². The Hall–Kier alpha value is -2.65. The molecular formula is C32H56N4O6. The predicted octanol–water partition coefficient (Wildman–Crippen LogP) is 4.64. The van der Waals surface area contributed by atoms with Crippen molar-refractivity contribution in [3.8, 4) is 0 Å². The monoisotopic (exact) mass is 592 g/mol. The summed E-state index contributed by atoms with van der Waals surface area (Å²) < 4.78 is 5.46. The van der Waals surface area contributed by atoms with Crippen molar-refractivity contribution in [3.05, 3.63) is 0 Å². The van der Waals surface area contributed by atoms with Crippen molar-refractivity contribution in [3.63, 3.8) is 0 Å². The fraction of sp³-hybridized carbons (Fsp3) is 0.844. The van der Waals surface area contributed by atoms with Gasteiger partial charge in [0.2, 0.25) is 17.6 Å². The number of carbonyl (C=O) groups is 5. The number of ether oxygens (including phenoxy) is 1. The Morgan fingerprint density at radius 1 is 1.00 bits per heavy atom. The average molecular weight is 593 g/mol. The molecule has 10 heteroatoms. The third-order valence-electron chi connectivity index (χ3n) is 7.99. The molecule has 0 aromatic heterocycles. The van der Waals surface area contributed by atoms with Gasteiger partial charge in [0.15, 0.2) is 0 Å². The molecule has 2 fully saturated rings. The molecule has 2 heterocycles. The maximum atomic E-state index is 14.0. The highest BCUT2D eigenvalue weighted by Gasteiger charge is 2.43. The summed E-state index contributed by atoms with van der Waals surface area (Å²) in [5.41, 5.74) is -0.714. The molecule has 2 aliphatic rings. The Morgan fingerprint density at radius 3 is 2.21 bits per heavy atom. The maximum Gasteiger partial charge on any atom is 0.408 e. The molecule has 0 radical (unpaired) electrons. The SMILES string of the molecule is CCCNC(=O)C(=O)[C@@H]1CCCCCCCCC[C@H](NC(=O)OC(C)(C)C)C(=O)N2C[C@H](CCC(C)C)C[C@H]2C(=O)N1. The second kappa shape index (κ2) is 17.5. The second-order valence-electron chi connectivity index (χ2n) is 13.5. The van der Waals surface area contributed by atoms with Gasteiger partial charge in [-0.2, -0.15) is 0 Å². The Balaban J connectivity index is 2.35. The van der Waals surface area contributed by atoms with Crippen LogP contribution in [0.1, 0.15) is 125 Å². The van der Waals surface area contributed by atoms with Crippen LogP contribution in [0.25, 0.3) is 0 Å². The van der Waals surface area contributed by atoms with Crippen LogP contribution in [-0.4, -0.2) is 71.3 Å². The summed E-state index contributed by atoms with van der Waals surface area (Å²) in [6, 6.07) is -2.53. The summed E-state index contributed by atoms with van der Waals surface area (Å²) in [7, 11) is 0. The molecular weight excluding hydrogens is 536 g/mol. The van der Waals surface area contributed by atoms with Crippen molar-refractivity contribution >= 4 is 29.6 Å². The van der Waals surface area contributed by atoms with E-state index in [1.807, 2.05) is 6.92 Å². The van der Waals surface area contributed by atoms with Crippen LogP contribution in [0, 0.1) is 11.8 Å². The molecule has 42 heavy (non-hydrogen) atoms. The van der Waals surface area contributed by atoms with Gasteiger partial charge in [0, 0.05) is 13.1 Å². The van der Waals surface area contributed by atoms with Crippen LogP contribution in [0.15, 0.2) is 0 Å². The van der Waals surface area contributed by atoms with Gasteiger partial charge in [0.05, 0.1) is 6.04 Å². The van der Waals surface area contributed by atoms with Gasteiger partial charge in [-0.25, -0.2) is 4.79 Å². The number of rotatable bonds is 8. The zero-order valence-electron chi connectivity index (χ0n) is 26.9. The molecule has 4 atom stereocenters. The second-order valence-corrected chi connectivity index (χ2v) is 13.5. The first-order chi connectivity index (χ1) is 19.8. The van der Waals surface area contributed by atoms with Gasteiger partial charge in [-0.05, 0) is 64.7 Å². The van der Waals surface area contributed by atoms with Crippen LogP contribution >= 0.6 is 0 Å². The molecule has 0 saturated carbocycles. The summed E-state index contributed by atoms with van der Waals surface area (Å²) in [4.78, 5) is 67.8. The lowest BCUT2D eigenvalue weighted by molar-refractivity contribution is -0.143. The molecule has 4 amide bonds. The van der Waals surface area contributed by atoms with Gasteiger partial charge in [-0.1, -0.05) is 72.1 Å². The van der Waals surface area contributed by atoms with E-state index in [1.54, 1.807) is 25.7 Å².